The first-order valence-corrected chi connectivity index (χ1v) is 8.58. The first kappa shape index (κ1) is 15.3. The molecule has 2 aromatic heterocycles. The number of nitrogens with one attached hydrogen (secondary N) is 1. The molecule has 0 amide bonds. The Labute approximate surface area is 146 Å². The quantitative estimate of drug-likeness (QED) is 0.712. The number of hydrogen-bond acceptors (Lipinski definition) is 6. The predicted molar refractivity (Wildman–Crippen MR) is 91.1 cm³/mol. The zero-order chi connectivity index (χ0) is 16.5. The van der Waals surface area contributed by atoms with Crippen molar-refractivity contribution in [2.45, 2.75) is 13.0 Å². The van der Waals surface area contributed by atoms with Crippen molar-refractivity contribution in [3.63, 3.8) is 0 Å². The molecule has 1 aliphatic rings. The van der Waals surface area contributed by atoms with Crippen molar-refractivity contribution in [2.75, 3.05) is 11.9 Å². The van der Waals surface area contributed by atoms with Gasteiger partial charge in [0.1, 0.15) is 16.6 Å². The number of rotatable bonds is 4. The lowest BCUT2D eigenvalue weighted by atomic mass is 10.2. The van der Waals surface area contributed by atoms with Crippen LogP contribution >= 0.6 is 22.9 Å². The van der Waals surface area contributed by atoms with Crippen LogP contribution in [0.3, 0.4) is 0 Å². The summed E-state index contributed by atoms with van der Waals surface area (Å²) in [5.74, 6) is 0.970. The molecule has 5 nitrogen and oxygen atoms in total. The highest BCUT2D eigenvalue weighted by Gasteiger charge is 2.20. The number of aromatic nitrogens is 3. The molecule has 3 aromatic rings. The topological polar surface area (TPSA) is 59.9 Å². The average Bonchev–Trinajstić information content (AvgIpc) is 3.22. The fourth-order valence-corrected chi connectivity index (χ4v) is 3.39. The summed E-state index contributed by atoms with van der Waals surface area (Å²) in [5.41, 5.74) is 2.65. The first-order valence-electron chi connectivity index (χ1n) is 7.32. The van der Waals surface area contributed by atoms with Crippen molar-refractivity contribution < 1.29 is 9.13 Å². The maximum absolute atomic E-state index is 13.0. The van der Waals surface area contributed by atoms with Crippen LogP contribution in [-0.4, -0.2) is 21.6 Å². The van der Waals surface area contributed by atoms with Crippen molar-refractivity contribution in [3.8, 4) is 17.1 Å². The maximum Gasteiger partial charge on any atom is 0.227 e. The SMILES string of the molecule is Fc1ccc(-c2csc(CNc3nc(Cl)nc4c3CCO4)n2)cc1. The number of thiazole rings is 1. The Morgan fingerprint density at radius 3 is 2.88 bits per heavy atom. The van der Waals surface area contributed by atoms with Crippen LogP contribution in [0.4, 0.5) is 10.2 Å². The van der Waals surface area contributed by atoms with Crippen molar-refractivity contribution in [2.24, 2.45) is 0 Å². The smallest absolute Gasteiger partial charge is 0.227 e. The van der Waals surface area contributed by atoms with Crippen LogP contribution in [0, 0.1) is 5.82 Å². The molecule has 1 aromatic carbocycles. The summed E-state index contributed by atoms with van der Waals surface area (Å²) in [6.45, 7) is 1.11. The van der Waals surface area contributed by atoms with E-state index in [1.165, 1.54) is 23.5 Å². The minimum Gasteiger partial charge on any atom is -0.477 e. The standard InChI is InChI=1S/C16H12ClFN4OS/c17-16-21-14(11-5-6-23-15(11)22-16)19-7-13-20-12(8-24-13)9-1-3-10(18)4-2-9/h1-4,8H,5-7H2,(H,19,21,22). The second-order valence-electron chi connectivity index (χ2n) is 5.21. The van der Waals surface area contributed by atoms with Gasteiger partial charge in [0.05, 0.1) is 24.4 Å². The molecular weight excluding hydrogens is 351 g/mol. The van der Waals surface area contributed by atoms with E-state index in [0.29, 0.717) is 24.8 Å². The van der Waals surface area contributed by atoms with Gasteiger partial charge in [-0.1, -0.05) is 0 Å². The number of fused-ring (bicyclic) bond motifs is 1. The molecule has 3 heterocycles. The molecule has 0 aliphatic carbocycles. The van der Waals surface area contributed by atoms with E-state index in [9.17, 15) is 4.39 Å². The van der Waals surface area contributed by atoms with Crippen molar-refractivity contribution in [1.82, 2.24) is 15.0 Å². The predicted octanol–water partition coefficient (Wildman–Crippen LogP) is 3.94. The first-order chi connectivity index (χ1) is 11.7. The third-order valence-corrected chi connectivity index (χ3v) is 4.65. The molecule has 8 heteroatoms. The molecule has 0 bridgehead atoms. The third-order valence-electron chi connectivity index (χ3n) is 3.63. The van der Waals surface area contributed by atoms with E-state index in [1.54, 1.807) is 12.1 Å². The van der Waals surface area contributed by atoms with Gasteiger partial charge in [0.15, 0.2) is 0 Å². The largest absolute Gasteiger partial charge is 0.477 e. The van der Waals surface area contributed by atoms with Crippen molar-refractivity contribution >= 4 is 28.8 Å². The number of benzene rings is 1. The lowest BCUT2D eigenvalue weighted by molar-refractivity contribution is 0.344. The molecule has 0 radical (unpaired) electrons. The van der Waals surface area contributed by atoms with Crippen LogP contribution in [0.15, 0.2) is 29.6 Å². The van der Waals surface area contributed by atoms with E-state index in [0.717, 1.165) is 28.2 Å². The summed E-state index contributed by atoms with van der Waals surface area (Å²) < 4.78 is 18.4. The third kappa shape index (κ3) is 3.05. The molecule has 122 valence electrons. The molecule has 0 spiro atoms. The van der Waals surface area contributed by atoms with E-state index in [1.807, 2.05) is 5.38 Å². The number of hydrogen-bond donors (Lipinski definition) is 1. The van der Waals surface area contributed by atoms with Crippen LogP contribution < -0.4 is 10.1 Å². The summed E-state index contributed by atoms with van der Waals surface area (Å²) in [6, 6.07) is 6.30. The number of halogens is 2. The highest BCUT2D eigenvalue weighted by atomic mass is 35.5. The molecule has 0 unspecified atom stereocenters. The molecule has 0 fully saturated rings. The van der Waals surface area contributed by atoms with Gasteiger partial charge < -0.3 is 10.1 Å². The molecule has 0 atom stereocenters. The average molecular weight is 363 g/mol. The van der Waals surface area contributed by atoms with Crippen LogP contribution in [0.1, 0.15) is 10.6 Å². The summed E-state index contributed by atoms with van der Waals surface area (Å²) in [4.78, 5) is 12.9. The molecule has 1 aliphatic heterocycles. The normalized spacial score (nSPS) is 12.8. The summed E-state index contributed by atoms with van der Waals surface area (Å²) in [5, 5.41) is 6.25. The zero-order valence-electron chi connectivity index (χ0n) is 12.4. The van der Waals surface area contributed by atoms with Gasteiger partial charge in [-0.3, -0.25) is 0 Å². The molecule has 4 rings (SSSR count). The fourth-order valence-electron chi connectivity index (χ4n) is 2.48. The second-order valence-corrected chi connectivity index (χ2v) is 6.49. The molecule has 0 saturated carbocycles. The van der Waals surface area contributed by atoms with Gasteiger partial charge in [-0.15, -0.1) is 11.3 Å². The number of ether oxygens (including phenoxy) is 1. The Balaban J connectivity index is 1.50. The lowest BCUT2D eigenvalue weighted by Crippen LogP contribution is -2.04. The van der Waals surface area contributed by atoms with Gasteiger partial charge in [-0.2, -0.15) is 4.98 Å². The van der Waals surface area contributed by atoms with Gasteiger partial charge >= 0.3 is 0 Å². The van der Waals surface area contributed by atoms with Gasteiger partial charge in [-0.05, 0) is 35.9 Å². The van der Waals surface area contributed by atoms with Crippen LogP contribution in [0.25, 0.3) is 11.3 Å². The molecule has 1 N–H and O–H groups in total. The Morgan fingerprint density at radius 1 is 1.21 bits per heavy atom. The zero-order valence-corrected chi connectivity index (χ0v) is 14.0. The monoisotopic (exact) mass is 362 g/mol. The number of nitrogens with zero attached hydrogens (tertiary/aromatic N) is 3. The van der Waals surface area contributed by atoms with E-state index in [-0.39, 0.29) is 11.1 Å². The maximum atomic E-state index is 13.0. The fraction of sp³-hybridized carbons (Fsp3) is 0.188. The van der Waals surface area contributed by atoms with Gasteiger partial charge in [0, 0.05) is 17.4 Å². The Morgan fingerprint density at radius 2 is 2.04 bits per heavy atom. The molecule has 24 heavy (non-hydrogen) atoms. The van der Waals surface area contributed by atoms with E-state index in [2.05, 4.69) is 20.3 Å². The second kappa shape index (κ2) is 6.33. The van der Waals surface area contributed by atoms with Crippen LogP contribution in [0.2, 0.25) is 5.28 Å². The summed E-state index contributed by atoms with van der Waals surface area (Å²) in [7, 11) is 0. The Hall–Kier alpha value is -2.25. The lowest BCUT2D eigenvalue weighted by Gasteiger charge is -2.07. The van der Waals surface area contributed by atoms with Crippen molar-refractivity contribution in [1.29, 1.82) is 0 Å². The molecule has 0 saturated heterocycles. The van der Waals surface area contributed by atoms with Gasteiger partial charge in [0.2, 0.25) is 11.2 Å². The van der Waals surface area contributed by atoms with Crippen molar-refractivity contribution in [3.05, 3.63) is 51.3 Å². The van der Waals surface area contributed by atoms with Crippen LogP contribution in [0.5, 0.6) is 5.88 Å². The van der Waals surface area contributed by atoms with E-state index >= 15 is 0 Å². The Bertz CT molecular complexity index is 884. The van der Waals surface area contributed by atoms with E-state index < -0.39 is 0 Å². The molecular formula is C16H12ClFN4OS. The minimum atomic E-state index is -0.257. The van der Waals surface area contributed by atoms with E-state index in [4.69, 9.17) is 16.3 Å². The van der Waals surface area contributed by atoms with Gasteiger partial charge in [-0.25, -0.2) is 14.4 Å². The minimum absolute atomic E-state index is 0.157. The highest BCUT2D eigenvalue weighted by Crippen LogP contribution is 2.30. The summed E-state index contributed by atoms with van der Waals surface area (Å²) in [6.07, 6.45) is 0.757. The Kier molecular flexibility index (Phi) is 4.03. The highest BCUT2D eigenvalue weighted by molar-refractivity contribution is 7.09. The van der Waals surface area contributed by atoms with Gasteiger partial charge in [0.25, 0.3) is 0 Å². The summed E-state index contributed by atoms with van der Waals surface area (Å²) >= 11 is 7.45. The van der Waals surface area contributed by atoms with Crippen LogP contribution in [-0.2, 0) is 13.0 Å². The number of anilines is 1.